The number of nitrogens with zero attached hydrogens (tertiary/aromatic N) is 2. The van der Waals surface area contributed by atoms with Crippen LogP contribution in [0.2, 0.25) is 0 Å². The third kappa shape index (κ3) is 3.37. The third-order valence-electron chi connectivity index (χ3n) is 4.24. The SMILES string of the molecule is Cc1cccnc1NCCNC(=O)[C@H]1CC(=O)N(C2CC2)C1. The quantitative estimate of drug-likeness (QED) is 0.767. The predicted molar refractivity (Wildman–Crippen MR) is 83.3 cm³/mol. The number of pyridine rings is 1. The summed E-state index contributed by atoms with van der Waals surface area (Å²) in [6.45, 7) is 3.73. The highest BCUT2D eigenvalue weighted by atomic mass is 16.2. The summed E-state index contributed by atoms with van der Waals surface area (Å²) in [6, 6.07) is 4.29. The van der Waals surface area contributed by atoms with Gasteiger partial charge in [0.1, 0.15) is 5.82 Å². The van der Waals surface area contributed by atoms with Gasteiger partial charge >= 0.3 is 0 Å². The van der Waals surface area contributed by atoms with E-state index < -0.39 is 0 Å². The Bertz CT molecular complexity index is 571. The van der Waals surface area contributed by atoms with Crippen molar-refractivity contribution in [1.82, 2.24) is 15.2 Å². The monoisotopic (exact) mass is 302 g/mol. The number of carbonyl (C=O) groups is 2. The lowest BCUT2D eigenvalue weighted by molar-refractivity contribution is -0.129. The number of amides is 2. The van der Waals surface area contributed by atoms with E-state index in [0.717, 1.165) is 24.2 Å². The molecule has 2 N–H and O–H groups in total. The average Bonchev–Trinajstić information content (AvgIpc) is 3.27. The number of aromatic nitrogens is 1. The summed E-state index contributed by atoms with van der Waals surface area (Å²) in [4.78, 5) is 30.1. The normalized spacial score (nSPS) is 21.0. The maximum Gasteiger partial charge on any atom is 0.225 e. The van der Waals surface area contributed by atoms with Gasteiger partial charge < -0.3 is 15.5 Å². The molecule has 0 spiro atoms. The summed E-state index contributed by atoms with van der Waals surface area (Å²) in [5.41, 5.74) is 1.08. The van der Waals surface area contributed by atoms with Crippen molar-refractivity contribution in [2.24, 2.45) is 5.92 Å². The van der Waals surface area contributed by atoms with E-state index in [2.05, 4.69) is 15.6 Å². The van der Waals surface area contributed by atoms with Gasteiger partial charge in [0.05, 0.1) is 5.92 Å². The molecule has 1 saturated carbocycles. The number of rotatable bonds is 6. The van der Waals surface area contributed by atoms with Gasteiger partial charge in [-0.15, -0.1) is 0 Å². The van der Waals surface area contributed by atoms with Gasteiger partial charge in [-0.05, 0) is 31.4 Å². The van der Waals surface area contributed by atoms with Crippen LogP contribution in [0.3, 0.4) is 0 Å². The molecule has 1 aliphatic carbocycles. The lowest BCUT2D eigenvalue weighted by atomic mass is 10.1. The lowest BCUT2D eigenvalue weighted by Crippen LogP contribution is -2.36. The minimum atomic E-state index is -0.190. The van der Waals surface area contributed by atoms with Crippen molar-refractivity contribution in [1.29, 1.82) is 0 Å². The second kappa shape index (κ2) is 6.34. The van der Waals surface area contributed by atoms with Crippen LogP contribution >= 0.6 is 0 Å². The van der Waals surface area contributed by atoms with Crippen LogP contribution in [0.25, 0.3) is 0 Å². The molecule has 3 rings (SSSR count). The molecule has 1 saturated heterocycles. The fourth-order valence-electron chi connectivity index (χ4n) is 2.83. The molecule has 1 aliphatic heterocycles. The molecule has 0 aromatic carbocycles. The van der Waals surface area contributed by atoms with Crippen LogP contribution in [0, 0.1) is 12.8 Å². The Kier molecular flexibility index (Phi) is 4.27. The van der Waals surface area contributed by atoms with E-state index in [-0.39, 0.29) is 17.7 Å². The fourth-order valence-corrected chi connectivity index (χ4v) is 2.83. The summed E-state index contributed by atoms with van der Waals surface area (Å²) in [5, 5.41) is 6.11. The zero-order valence-electron chi connectivity index (χ0n) is 12.8. The topological polar surface area (TPSA) is 74.3 Å². The van der Waals surface area contributed by atoms with Crippen molar-refractivity contribution in [3.63, 3.8) is 0 Å². The molecule has 2 aliphatic rings. The first-order valence-electron chi connectivity index (χ1n) is 7.88. The van der Waals surface area contributed by atoms with Crippen molar-refractivity contribution < 1.29 is 9.59 Å². The van der Waals surface area contributed by atoms with Gasteiger partial charge in [-0.2, -0.15) is 0 Å². The highest BCUT2D eigenvalue weighted by molar-refractivity contribution is 5.89. The number of carbonyl (C=O) groups excluding carboxylic acids is 2. The second-order valence-corrected chi connectivity index (χ2v) is 6.07. The smallest absolute Gasteiger partial charge is 0.225 e. The third-order valence-corrected chi connectivity index (χ3v) is 4.24. The standard InChI is InChI=1S/C16H22N4O2/c1-11-3-2-6-17-15(11)18-7-8-19-16(22)12-9-14(21)20(10-12)13-4-5-13/h2-3,6,12-13H,4-5,7-10H2,1H3,(H,17,18)(H,19,22)/t12-/m0/s1. The Hall–Kier alpha value is -2.11. The van der Waals surface area contributed by atoms with Crippen molar-refractivity contribution in [3.05, 3.63) is 23.9 Å². The maximum absolute atomic E-state index is 12.1. The molecule has 22 heavy (non-hydrogen) atoms. The number of anilines is 1. The van der Waals surface area contributed by atoms with Gasteiger partial charge in [-0.1, -0.05) is 6.07 Å². The van der Waals surface area contributed by atoms with Crippen LogP contribution in [-0.4, -0.2) is 47.4 Å². The van der Waals surface area contributed by atoms with Crippen molar-refractivity contribution in [2.75, 3.05) is 25.0 Å². The van der Waals surface area contributed by atoms with Crippen LogP contribution in [0.15, 0.2) is 18.3 Å². The molecule has 1 atom stereocenters. The molecule has 2 heterocycles. The zero-order valence-corrected chi connectivity index (χ0v) is 12.8. The van der Waals surface area contributed by atoms with Gasteiger partial charge in [0, 0.05) is 38.3 Å². The Balaban J connectivity index is 1.39. The van der Waals surface area contributed by atoms with Gasteiger partial charge in [0.25, 0.3) is 0 Å². The summed E-state index contributed by atoms with van der Waals surface area (Å²) < 4.78 is 0. The van der Waals surface area contributed by atoms with E-state index in [4.69, 9.17) is 0 Å². The summed E-state index contributed by atoms with van der Waals surface area (Å²) in [7, 11) is 0. The van der Waals surface area contributed by atoms with E-state index in [1.807, 2.05) is 24.0 Å². The first kappa shape index (κ1) is 14.8. The first-order valence-corrected chi connectivity index (χ1v) is 7.88. The highest BCUT2D eigenvalue weighted by Crippen LogP contribution is 2.32. The van der Waals surface area contributed by atoms with E-state index in [1.165, 1.54) is 0 Å². The van der Waals surface area contributed by atoms with Crippen LogP contribution in [0.1, 0.15) is 24.8 Å². The van der Waals surface area contributed by atoms with E-state index in [9.17, 15) is 9.59 Å². The first-order chi connectivity index (χ1) is 10.6. The largest absolute Gasteiger partial charge is 0.368 e. The molecular weight excluding hydrogens is 280 g/mol. The molecule has 1 aromatic heterocycles. The fraction of sp³-hybridized carbons (Fsp3) is 0.562. The summed E-state index contributed by atoms with van der Waals surface area (Å²) in [6.07, 6.45) is 4.28. The van der Waals surface area contributed by atoms with Gasteiger partial charge in [0.2, 0.25) is 11.8 Å². The summed E-state index contributed by atoms with van der Waals surface area (Å²) >= 11 is 0. The Morgan fingerprint density at radius 1 is 1.41 bits per heavy atom. The maximum atomic E-state index is 12.1. The lowest BCUT2D eigenvalue weighted by Gasteiger charge is -2.15. The van der Waals surface area contributed by atoms with E-state index in [1.54, 1.807) is 6.20 Å². The Morgan fingerprint density at radius 2 is 2.23 bits per heavy atom. The number of aryl methyl sites for hydroxylation is 1. The van der Waals surface area contributed by atoms with Crippen LogP contribution in [0.4, 0.5) is 5.82 Å². The van der Waals surface area contributed by atoms with Crippen LogP contribution in [0.5, 0.6) is 0 Å². The molecule has 0 radical (unpaired) electrons. The molecule has 118 valence electrons. The minimum absolute atomic E-state index is 0.0176. The number of hydrogen-bond donors (Lipinski definition) is 2. The molecule has 6 nitrogen and oxygen atoms in total. The number of hydrogen-bond acceptors (Lipinski definition) is 4. The minimum Gasteiger partial charge on any atom is -0.368 e. The van der Waals surface area contributed by atoms with Crippen LogP contribution in [-0.2, 0) is 9.59 Å². The highest BCUT2D eigenvalue weighted by Gasteiger charge is 2.41. The predicted octanol–water partition coefficient (Wildman–Crippen LogP) is 0.929. The Morgan fingerprint density at radius 3 is 2.95 bits per heavy atom. The molecule has 6 heteroatoms. The molecule has 0 unspecified atom stereocenters. The zero-order chi connectivity index (χ0) is 15.5. The van der Waals surface area contributed by atoms with Gasteiger partial charge in [-0.25, -0.2) is 4.98 Å². The van der Waals surface area contributed by atoms with Gasteiger partial charge in [0.15, 0.2) is 0 Å². The van der Waals surface area contributed by atoms with Gasteiger partial charge in [-0.3, -0.25) is 9.59 Å². The van der Waals surface area contributed by atoms with Crippen molar-refractivity contribution in [2.45, 2.75) is 32.2 Å². The molecule has 2 fully saturated rings. The molecule has 1 aromatic rings. The van der Waals surface area contributed by atoms with Crippen molar-refractivity contribution >= 4 is 17.6 Å². The van der Waals surface area contributed by atoms with Crippen LogP contribution < -0.4 is 10.6 Å². The second-order valence-electron chi connectivity index (χ2n) is 6.07. The molecule has 0 bridgehead atoms. The molecular formula is C16H22N4O2. The molecule has 2 amide bonds. The number of nitrogens with one attached hydrogen (secondary N) is 2. The number of likely N-dealkylation sites (tertiary alicyclic amines) is 1. The van der Waals surface area contributed by atoms with Crippen molar-refractivity contribution in [3.8, 4) is 0 Å². The van der Waals surface area contributed by atoms with E-state index >= 15 is 0 Å². The summed E-state index contributed by atoms with van der Waals surface area (Å²) in [5.74, 6) is 0.762. The Labute approximate surface area is 130 Å². The van der Waals surface area contributed by atoms with E-state index in [0.29, 0.717) is 32.1 Å². The average molecular weight is 302 g/mol.